The molecule has 1 aromatic carbocycles. The Morgan fingerprint density at radius 1 is 1.28 bits per heavy atom. The number of carbonyl (C=O) groups excluding carboxylic acids is 1. The van der Waals surface area contributed by atoms with Gasteiger partial charge in [0.15, 0.2) is 0 Å². The number of amides is 1. The Morgan fingerprint density at radius 2 is 2.07 bits per heavy atom. The molecule has 7 nitrogen and oxygen atoms in total. The fraction of sp³-hybridized carbons (Fsp3) is 0.364. The minimum Gasteiger partial charge on any atom is -0.418 e. The average molecular weight is 393 g/mol. The number of para-hydroxylation sites is 1. The van der Waals surface area contributed by atoms with Crippen molar-refractivity contribution in [2.24, 2.45) is 0 Å². The number of benzene rings is 1. The van der Waals surface area contributed by atoms with Gasteiger partial charge in [0.25, 0.3) is 11.9 Å². The fourth-order valence-corrected chi connectivity index (χ4v) is 3.77. The first-order chi connectivity index (χ1) is 14.1. The van der Waals surface area contributed by atoms with Crippen molar-refractivity contribution in [2.45, 2.75) is 19.8 Å². The lowest BCUT2D eigenvalue weighted by atomic mass is 10.1. The molecule has 1 saturated heterocycles. The fourth-order valence-electron chi connectivity index (χ4n) is 3.77. The second kappa shape index (κ2) is 8.53. The number of nitrogens with one attached hydrogen (secondary N) is 2. The number of carbonyl (C=O) groups is 1. The van der Waals surface area contributed by atoms with Crippen LogP contribution >= 0.6 is 0 Å². The summed E-state index contributed by atoms with van der Waals surface area (Å²) in [5, 5.41) is 3.96. The van der Waals surface area contributed by atoms with Crippen LogP contribution in [0.5, 0.6) is 0 Å². The van der Waals surface area contributed by atoms with Crippen molar-refractivity contribution in [3.8, 4) is 0 Å². The maximum Gasteiger partial charge on any atom is 0.298 e. The number of fused-ring (bicyclic) bond motifs is 1. The molecule has 2 aromatic heterocycles. The number of H-pyrrole nitrogens is 1. The van der Waals surface area contributed by atoms with Gasteiger partial charge in [0, 0.05) is 55.4 Å². The lowest BCUT2D eigenvalue weighted by Crippen LogP contribution is -2.46. The summed E-state index contributed by atoms with van der Waals surface area (Å²) in [5.74, 6) is -0.116. The monoisotopic (exact) mass is 393 g/mol. The van der Waals surface area contributed by atoms with Gasteiger partial charge in [0.1, 0.15) is 0 Å². The summed E-state index contributed by atoms with van der Waals surface area (Å²) in [7, 11) is 0. The van der Waals surface area contributed by atoms with Crippen molar-refractivity contribution in [1.29, 1.82) is 0 Å². The van der Waals surface area contributed by atoms with Gasteiger partial charge in [-0.05, 0) is 24.6 Å². The third kappa shape index (κ3) is 4.35. The number of piperazine rings is 1. The van der Waals surface area contributed by atoms with Crippen molar-refractivity contribution >= 4 is 22.8 Å². The third-order valence-electron chi connectivity index (χ3n) is 5.27. The molecule has 1 aliphatic rings. The minimum atomic E-state index is -0.321. The Morgan fingerprint density at radius 3 is 2.86 bits per heavy atom. The van der Waals surface area contributed by atoms with Gasteiger partial charge in [-0.2, -0.15) is 0 Å². The molecule has 0 spiro atoms. The van der Waals surface area contributed by atoms with E-state index in [1.807, 2.05) is 24.4 Å². The largest absolute Gasteiger partial charge is 0.418 e. The summed E-state index contributed by atoms with van der Waals surface area (Å²) in [6, 6.07) is 8.58. The first kappa shape index (κ1) is 19.3. The van der Waals surface area contributed by atoms with Crippen molar-refractivity contribution in [2.75, 3.05) is 37.6 Å². The van der Waals surface area contributed by atoms with E-state index in [9.17, 15) is 4.79 Å². The van der Waals surface area contributed by atoms with Crippen LogP contribution in [0.1, 0.15) is 29.5 Å². The Hall–Kier alpha value is -3.06. The van der Waals surface area contributed by atoms with Crippen LogP contribution in [0.4, 0.5) is 6.01 Å². The van der Waals surface area contributed by atoms with Gasteiger partial charge in [0.2, 0.25) is 5.76 Å². The molecule has 0 aliphatic carbocycles. The maximum atomic E-state index is 12.5. The van der Waals surface area contributed by atoms with E-state index >= 15 is 0 Å². The number of oxazole rings is 1. The van der Waals surface area contributed by atoms with Gasteiger partial charge < -0.3 is 19.6 Å². The molecule has 2 N–H and O–H groups in total. The van der Waals surface area contributed by atoms with Crippen LogP contribution in [0.15, 0.2) is 53.4 Å². The van der Waals surface area contributed by atoms with Gasteiger partial charge in [0.05, 0.1) is 6.20 Å². The van der Waals surface area contributed by atoms with Crippen LogP contribution in [0, 0.1) is 0 Å². The van der Waals surface area contributed by atoms with Crippen LogP contribution < -0.4 is 10.2 Å². The van der Waals surface area contributed by atoms with Gasteiger partial charge in [-0.3, -0.25) is 9.69 Å². The van der Waals surface area contributed by atoms with E-state index in [1.54, 1.807) is 0 Å². The standard InChI is InChI=1S/C22H27N5O2/c1-3-8-26-9-11-27(12-10-26)22-24-15-20(29-22)21(28)25-16(2)13-17-14-23-19-7-5-4-6-18(17)19/h4-7,14-15,23H,2-3,8-13H2,1H3,(H,25,28). The Labute approximate surface area is 170 Å². The molecule has 1 amide bonds. The number of rotatable bonds is 7. The van der Waals surface area contributed by atoms with Crippen molar-refractivity contribution in [3.05, 3.63) is 60.3 Å². The van der Waals surface area contributed by atoms with E-state index in [0.29, 0.717) is 18.1 Å². The zero-order chi connectivity index (χ0) is 20.2. The van der Waals surface area contributed by atoms with Crippen molar-refractivity contribution in [1.82, 2.24) is 20.2 Å². The predicted octanol–water partition coefficient (Wildman–Crippen LogP) is 3.17. The zero-order valence-corrected chi connectivity index (χ0v) is 16.8. The van der Waals surface area contributed by atoms with Crippen molar-refractivity contribution in [3.63, 3.8) is 0 Å². The van der Waals surface area contributed by atoms with E-state index in [2.05, 4.69) is 44.7 Å². The smallest absolute Gasteiger partial charge is 0.298 e. The van der Waals surface area contributed by atoms with Gasteiger partial charge in [-0.25, -0.2) is 4.98 Å². The number of hydrogen-bond acceptors (Lipinski definition) is 5. The van der Waals surface area contributed by atoms with Gasteiger partial charge >= 0.3 is 0 Å². The Kier molecular flexibility index (Phi) is 5.67. The number of allylic oxidation sites excluding steroid dienone is 1. The summed E-state index contributed by atoms with van der Waals surface area (Å²) in [6.07, 6.45) is 5.15. The van der Waals surface area contributed by atoms with Crippen molar-refractivity contribution < 1.29 is 9.21 Å². The second-order valence-electron chi connectivity index (χ2n) is 7.43. The molecule has 152 valence electrons. The molecule has 3 aromatic rings. The normalized spacial score (nSPS) is 15.0. The number of hydrogen-bond donors (Lipinski definition) is 2. The molecule has 0 bridgehead atoms. The van der Waals surface area contributed by atoms with E-state index in [1.165, 1.54) is 6.20 Å². The lowest BCUT2D eigenvalue weighted by Gasteiger charge is -2.33. The Bertz CT molecular complexity index is 997. The molecule has 0 radical (unpaired) electrons. The lowest BCUT2D eigenvalue weighted by molar-refractivity contribution is 0.0938. The highest BCUT2D eigenvalue weighted by Gasteiger charge is 2.22. The molecule has 0 saturated carbocycles. The molecule has 0 atom stereocenters. The highest BCUT2D eigenvalue weighted by atomic mass is 16.4. The average Bonchev–Trinajstić information content (AvgIpc) is 3.37. The number of aromatic amines is 1. The molecule has 29 heavy (non-hydrogen) atoms. The van der Waals surface area contributed by atoms with Crippen LogP contribution in [0.2, 0.25) is 0 Å². The zero-order valence-electron chi connectivity index (χ0n) is 16.8. The van der Waals surface area contributed by atoms with E-state index < -0.39 is 0 Å². The molecule has 0 unspecified atom stereocenters. The maximum absolute atomic E-state index is 12.5. The Balaban J connectivity index is 1.34. The highest BCUT2D eigenvalue weighted by Crippen LogP contribution is 2.20. The van der Waals surface area contributed by atoms with E-state index in [0.717, 1.165) is 55.6 Å². The third-order valence-corrected chi connectivity index (χ3v) is 5.27. The molecular weight excluding hydrogens is 366 g/mol. The highest BCUT2D eigenvalue weighted by molar-refractivity contribution is 5.92. The van der Waals surface area contributed by atoms with Crippen LogP contribution in [0.25, 0.3) is 10.9 Å². The summed E-state index contributed by atoms with van der Waals surface area (Å²) < 4.78 is 5.72. The molecule has 1 aliphatic heterocycles. The van der Waals surface area contributed by atoms with Gasteiger partial charge in [-0.15, -0.1) is 0 Å². The summed E-state index contributed by atoms with van der Waals surface area (Å²) in [6.45, 7) is 11.0. The predicted molar refractivity (Wildman–Crippen MR) is 114 cm³/mol. The van der Waals surface area contributed by atoms with E-state index in [4.69, 9.17) is 4.42 Å². The van der Waals surface area contributed by atoms with Gasteiger partial charge in [-0.1, -0.05) is 31.7 Å². The number of nitrogens with zero attached hydrogens (tertiary/aromatic N) is 3. The first-order valence-corrected chi connectivity index (χ1v) is 10.1. The molecule has 3 heterocycles. The second-order valence-corrected chi connectivity index (χ2v) is 7.43. The van der Waals surface area contributed by atoms with Crippen LogP contribution in [-0.2, 0) is 6.42 Å². The molecule has 4 rings (SSSR count). The van der Waals surface area contributed by atoms with Crippen LogP contribution in [0.3, 0.4) is 0 Å². The summed E-state index contributed by atoms with van der Waals surface area (Å²) in [5.41, 5.74) is 2.78. The molecule has 1 fully saturated rings. The van der Waals surface area contributed by atoms with Crippen LogP contribution in [-0.4, -0.2) is 53.5 Å². The first-order valence-electron chi connectivity index (χ1n) is 10.1. The molecular formula is C22H27N5O2. The summed E-state index contributed by atoms with van der Waals surface area (Å²) in [4.78, 5) is 24.6. The molecule has 7 heteroatoms. The minimum absolute atomic E-state index is 0.205. The topological polar surface area (TPSA) is 77.4 Å². The number of anilines is 1. The van der Waals surface area contributed by atoms with E-state index in [-0.39, 0.29) is 11.7 Å². The summed E-state index contributed by atoms with van der Waals surface area (Å²) >= 11 is 0. The SMILES string of the molecule is C=C(Cc1c[nH]c2ccccc12)NC(=O)c1cnc(N2CCN(CCC)CC2)o1. The number of aromatic nitrogens is 2. The quantitative estimate of drug-likeness (QED) is 0.645.